The molecule has 1 heterocycles. The lowest BCUT2D eigenvalue weighted by Crippen LogP contribution is -2.32. The van der Waals surface area contributed by atoms with Crippen molar-refractivity contribution < 1.29 is 13.2 Å². The first-order valence-electron chi connectivity index (χ1n) is 5.02. The molecule has 92 valence electrons. The Morgan fingerprint density at radius 1 is 1.53 bits per heavy atom. The van der Waals surface area contributed by atoms with Crippen molar-refractivity contribution in [2.24, 2.45) is 5.92 Å². The molecule has 0 aliphatic carbocycles. The predicted molar refractivity (Wildman–Crippen MR) is 55.8 cm³/mol. The molecule has 0 aliphatic rings. The number of alkyl halides is 3. The van der Waals surface area contributed by atoms with E-state index in [1.165, 1.54) is 6.07 Å². The van der Waals surface area contributed by atoms with E-state index < -0.39 is 18.6 Å². The number of aryl methyl sites for hydroxylation is 1. The van der Waals surface area contributed by atoms with Crippen LogP contribution in [0.1, 0.15) is 11.3 Å². The highest BCUT2D eigenvalue weighted by atomic mass is 19.4. The van der Waals surface area contributed by atoms with Gasteiger partial charge < -0.3 is 5.32 Å². The maximum Gasteiger partial charge on any atom is 0.405 e. The van der Waals surface area contributed by atoms with E-state index >= 15 is 0 Å². The van der Waals surface area contributed by atoms with Crippen molar-refractivity contribution >= 4 is 0 Å². The van der Waals surface area contributed by atoms with E-state index in [1.54, 1.807) is 12.3 Å². The van der Waals surface area contributed by atoms with Gasteiger partial charge in [-0.2, -0.15) is 18.4 Å². The Labute approximate surface area is 97.3 Å². The Bertz CT molecular complexity index is 409. The quantitative estimate of drug-likeness (QED) is 0.881. The van der Waals surface area contributed by atoms with Gasteiger partial charge in [0, 0.05) is 19.3 Å². The van der Waals surface area contributed by atoms with Crippen molar-refractivity contribution in [1.82, 2.24) is 10.3 Å². The topological polar surface area (TPSA) is 48.7 Å². The first kappa shape index (κ1) is 13.5. The fraction of sp³-hybridized carbons (Fsp3) is 0.455. The van der Waals surface area contributed by atoms with Crippen LogP contribution in [0.15, 0.2) is 18.3 Å². The number of aromatic nitrogens is 1. The normalized spacial score (nSPS) is 13.1. The number of nitrogens with one attached hydrogen (secondary N) is 1. The molecule has 0 aliphatic heterocycles. The van der Waals surface area contributed by atoms with E-state index in [0.29, 0.717) is 5.69 Å². The molecule has 1 atom stereocenters. The first-order valence-corrected chi connectivity index (χ1v) is 5.02. The lowest BCUT2D eigenvalue weighted by molar-refractivity contribution is -0.157. The number of nitrogens with zero attached hydrogens (tertiary/aromatic N) is 2. The molecule has 0 aromatic carbocycles. The van der Waals surface area contributed by atoms with Crippen LogP contribution in [0.5, 0.6) is 0 Å². The van der Waals surface area contributed by atoms with Crippen LogP contribution in [-0.2, 0) is 6.54 Å². The third-order valence-electron chi connectivity index (χ3n) is 2.31. The number of hydrogen-bond acceptors (Lipinski definition) is 3. The highest BCUT2D eigenvalue weighted by molar-refractivity contribution is 5.17. The van der Waals surface area contributed by atoms with Crippen molar-refractivity contribution in [2.75, 3.05) is 6.54 Å². The van der Waals surface area contributed by atoms with Gasteiger partial charge in [0.05, 0.1) is 11.8 Å². The third kappa shape index (κ3) is 4.04. The number of rotatable bonds is 4. The van der Waals surface area contributed by atoms with Gasteiger partial charge in [-0.1, -0.05) is 6.07 Å². The Kier molecular flexibility index (Phi) is 4.46. The van der Waals surface area contributed by atoms with Crippen molar-refractivity contribution in [2.45, 2.75) is 19.6 Å². The van der Waals surface area contributed by atoms with Crippen LogP contribution in [0.25, 0.3) is 0 Å². The summed E-state index contributed by atoms with van der Waals surface area (Å²) in [7, 11) is 0. The summed E-state index contributed by atoms with van der Waals surface area (Å²) < 4.78 is 36.7. The van der Waals surface area contributed by atoms with E-state index in [4.69, 9.17) is 5.26 Å². The van der Waals surface area contributed by atoms with Crippen LogP contribution in [0.3, 0.4) is 0 Å². The van der Waals surface area contributed by atoms with Crippen LogP contribution in [0, 0.1) is 24.2 Å². The molecule has 0 amide bonds. The number of nitriles is 1. The highest BCUT2D eigenvalue weighted by Gasteiger charge is 2.39. The SMILES string of the molecule is Cc1cccnc1CNCC(C#N)C(F)(F)F. The first-order chi connectivity index (χ1) is 7.95. The van der Waals surface area contributed by atoms with Gasteiger partial charge in [-0.05, 0) is 18.6 Å². The summed E-state index contributed by atoms with van der Waals surface area (Å²) in [6.45, 7) is 1.63. The fourth-order valence-corrected chi connectivity index (χ4v) is 1.27. The van der Waals surface area contributed by atoms with E-state index in [2.05, 4.69) is 10.3 Å². The maximum atomic E-state index is 12.2. The van der Waals surface area contributed by atoms with Crippen LogP contribution in [0.4, 0.5) is 13.2 Å². The molecule has 1 aromatic rings. The van der Waals surface area contributed by atoms with E-state index in [9.17, 15) is 13.2 Å². The molecule has 0 fully saturated rings. The molecule has 0 radical (unpaired) electrons. The zero-order chi connectivity index (χ0) is 12.9. The summed E-state index contributed by atoms with van der Waals surface area (Å²) in [6, 6.07) is 4.82. The lowest BCUT2D eigenvalue weighted by atomic mass is 10.1. The van der Waals surface area contributed by atoms with Gasteiger partial charge in [0.15, 0.2) is 5.92 Å². The summed E-state index contributed by atoms with van der Waals surface area (Å²) in [5.74, 6) is -1.98. The molecule has 0 spiro atoms. The molecule has 6 heteroatoms. The number of hydrogen-bond donors (Lipinski definition) is 1. The maximum absolute atomic E-state index is 12.2. The summed E-state index contributed by atoms with van der Waals surface area (Å²) in [5.41, 5.74) is 1.59. The second-order valence-corrected chi connectivity index (χ2v) is 3.62. The molecule has 3 nitrogen and oxygen atoms in total. The Morgan fingerprint density at radius 3 is 2.76 bits per heavy atom. The summed E-state index contributed by atoms with van der Waals surface area (Å²) >= 11 is 0. The van der Waals surface area contributed by atoms with E-state index in [0.717, 1.165) is 5.56 Å². The lowest BCUT2D eigenvalue weighted by Gasteiger charge is -2.14. The molecular formula is C11H12F3N3. The monoisotopic (exact) mass is 243 g/mol. The van der Waals surface area contributed by atoms with E-state index in [1.807, 2.05) is 13.0 Å². The van der Waals surface area contributed by atoms with Crippen molar-refractivity contribution in [3.05, 3.63) is 29.6 Å². The zero-order valence-corrected chi connectivity index (χ0v) is 9.25. The fourth-order valence-electron chi connectivity index (χ4n) is 1.27. The molecule has 1 N–H and O–H groups in total. The van der Waals surface area contributed by atoms with Gasteiger partial charge >= 0.3 is 6.18 Å². The van der Waals surface area contributed by atoms with Crippen molar-refractivity contribution in [3.63, 3.8) is 0 Å². The van der Waals surface area contributed by atoms with Crippen molar-refractivity contribution in [1.29, 1.82) is 5.26 Å². The predicted octanol–water partition coefficient (Wildman–Crippen LogP) is 2.18. The summed E-state index contributed by atoms with van der Waals surface area (Å²) in [6.07, 6.45) is -2.91. The van der Waals surface area contributed by atoms with Gasteiger partial charge in [0.2, 0.25) is 0 Å². The molecule has 1 rings (SSSR count). The largest absolute Gasteiger partial charge is 0.405 e. The van der Waals surface area contributed by atoms with Gasteiger partial charge in [-0.15, -0.1) is 0 Å². The van der Waals surface area contributed by atoms with Gasteiger partial charge in [-0.3, -0.25) is 4.98 Å². The molecule has 0 bridgehead atoms. The van der Waals surface area contributed by atoms with Crippen LogP contribution >= 0.6 is 0 Å². The highest BCUT2D eigenvalue weighted by Crippen LogP contribution is 2.24. The summed E-state index contributed by atoms with van der Waals surface area (Å²) in [5, 5.41) is 11.0. The Balaban J connectivity index is 2.48. The molecular weight excluding hydrogens is 231 g/mol. The Hall–Kier alpha value is -1.61. The van der Waals surface area contributed by atoms with Crippen LogP contribution < -0.4 is 5.32 Å². The number of pyridine rings is 1. The number of halogens is 3. The average Bonchev–Trinajstić information content (AvgIpc) is 2.25. The summed E-state index contributed by atoms with van der Waals surface area (Å²) in [4.78, 5) is 4.04. The molecule has 0 saturated carbocycles. The van der Waals surface area contributed by atoms with Gasteiger partial charge in [0.25, 0.3) is 0 Å². The minimum atomic E-state index is -4.49. The van der Waals surface area contributed by atoms with E-state index in [-0.39, 0.29) is 6.54 Å². The third-order valence-corrected chi connectivity index (χ3v) is 2.31. The smallest absolute Gasteiger partial charge is 0.309 e. The van der Waals surface area contributed by atoms with Gasteiger partial charge in [0.1, 0.15) is 0 Å². The van der Waals surface area contributed by atoms with Crippen LogP contribution in [0.2, 0.25) is 0 Å². The standard InChI is InChI=1S/C11H12F3N3/c1-8-3-2-4-17-10(8)7-16-6-9(5-15)11(12,13)14/h2-4,9,16H,6-7H2,1H3. The second kappa shape index (κ2) is 5.64. The molecule has 0 saturated heterocycles. The minimum Gasteiger partial charge on any atom is -0.309 e. The van der Waals surface area contributed by atoms with Crippen LogP contribution in [-0.4, -0.2) is 17.7 Å². The second-order valence-electron chi connectivity index (χ2n) is 3.62. The van der Waals surface area contributed by atoms with Crippen molar-refractivity contribution in [3.8, 4) is 6.07 Å². The molecule has 17 heavy (non-hydrogen) atoms. The average molecular weight is 243 g/mol. The minimum absolute atomic E-state index is 0.223. The van der Waals surface area contributed by atoms with Gasteiger partial charge in [-0.25, -0.2) is 0 Å². The molecule has 1 aromatic heterocycles. The Morgan fingerprint density at radius 2 is 2.24 bits per heavy atom. The molecule has 1 unspecified atom stereocenters. The zero-order valence-electron chi connectivity index (χ0n) is 9.25.